The number of benzene rings is 1. The number of carbonyl (C=O) groups excluding carboxylic acids is 2. The molecule has 0 aromatic heterocycles. The van der Waals surface area contributed by atoms with Crippen molar-refractivity contribution in [2.75, 3.05) is 19.7 Å². The Balaban J connectivity index is 1.67. The van der Waals surface area contributed by atoms with Crippen LogP contribution in [0.15, 0.2) is 24.3 Å². The van der Waals surface area contributed by atoms with Gasteiger partial charge in [-0.05, 0) is 62.6 Å². The van der Waals surface area contributed by atoms with E-state index in [0.717, 1.165) is 51.6 Å². The molecule has 1 aromatic rings. The summed E-state index contributed by atoms with van der Waals surface area (Å²) in [5.74, 6) is 0.496. The van der Waals surface area contributed by atoms with Crippen LogP contribution in [0.25, 0.3) is 0 Å². The standard InChI is InChI=1S/C21H27ClN2O3/c1-15-7-9-21(10-8-15)24(19(25)16-5-4-6-17(22)13-16)18(14-27-21)20(26)23-11-2-3-12-23/h4-6,13,15,18H,2-3,7-12,14H2,1H3/t15?,18-,21?/m1/s1. The highest BCUT2D eigenvalue weighted by atomic mass is 35.5. The van der Waals surface area contributed by atoms with E-state index in [-0.39, 0.29) is 18.4 Å². The lowest BCUT2D eigenvalue weighted by atomic mass is 9.83. The highest BCUT2D eigenvalue weighted by molar-refractivity contribution is 6.31. The van der Waals surface area contributed by atoms with Crippen LogP contribution in [0.2, 0.25) is 5.02 Å². The van der Waals surface area contributed by atoms with E-state index in [1.165, 1.54) is 0 Å². The Bertz CT molecular complexity index is 724. The molecule has 2 saturated heterocycles. The lowest BCUT2D eigenvalue weighted by Gasteiger charge is -2.43. The van der Waals surface area contributed by atoms with Gasteiger partial charge < -0.3 is 9.64 Å². The Hall–Kier alpha value is -1.59. The van der Waals surface area contributed by atoms with Crippen LogP contribution < -0.4 is 0 Å². The molecule has 3 aliphatic rings. The highest BCUT2D eigenvalue weighted by Gasteiger charge is 2.54. The Kier molecular flexibility index (Phi) is 5.17. The van der Waals surface area contributed by atoms with Crippen LogP contribution in [0, 0.1) is 5.92 Å². The lowest BCUT2D eigenvalue weighted by Crippen LogP contribution is -2.57. The van der Waals surface area contributed by atoms with Crippen molar-refractivity contribution in [3.8, 4) is 0 Å². The number of amides is 2. The Morgan fingerprint density at radius 1 is 1.19 bits per heavy atom. The van der Waals surface area contributed by atoms with E-state index in [0.29, 0.717) is 16.5 Å². The Morgan fingerprint density at radius 2 is 1.89 bits per heavy atom. The van der Waals surface area contributed by atoms with E-state index < -0.39 is 11.8 Å². The highest BCUT2D eigenvalue weighted by Crippen LogP contribution is 2.43. The van der Waals surface area contributed by atoms with Gasteiger partial charge in [0.25, 0.3) is 5.91 Å². The molecular weight excluding hydrogens is 364 g/mol. The monoisotopic (exact) mass is 390 g/mol. The fraction of sp³-hybridized carbons (Fsp3) is 0.619. The molecule has 5 nitrogen and oxygen atoms in total. The first-order chi connectivity index (χ1) is 13.0. The molecular formula is C21H27ClN2O3. The molecule has 3 fully saturated rings. The van der Waals surface area contributed by atoms with Crippen molar-refractivity contribution in [3.05, 3.63) is 34.9 Å². The summed E-state index contributed by atoms with van der Waals surface area (Å²) in [7, 11) is 0. The van der Waals surface area contributed by atoms with E-state index in [9.17, 15) is 9.59 Å². The van der Waals surface area contributed by atoms with Crippen molar-refractivity contribution >= 4 is 23.4 Å². The molecule has 1 aliphatic carbocycles. The molecule has 1 aromatic carbocycles. The van der Waals surface area contributed by atoms with Crippen molar-refractivity contribution < 1.29 is 14.3 Å². The molecule has 2 amide bonds. The van der Waals surface area contributed by atoms with E-state index in [1.54, 1.807) is 29.2 Å². The zero-order valence-electron chi connectivity index (χ0n) is 15.8. The van der Waals surface area contributed by atoms with Gasteiger partial charge in [-0.3, -0.25) is 14.5 Å². The molecule has 6 heteroatoms. The summed E-state index contributed by atoms with van der Waals surface area (Å²) in [4.78, 5) is 30.3. The Morgan fingerprint density at radius 3 is 2.56 bits per heavy atom. The normalized spacial score (nSPS) is 30.9. The number of hydrogen-bond acceptors (Lipinski definition) is 3. The second-order valence-electron chi connectivity index (χ2n) is 8.17. The molecule has 0 unspecified atom stereocenters. The maximum absolute atomic E-state index is 13.5. The van der Waals surface area contributed by atoms with Gasteiger partial charge in [-0.2, -0.15) is 0 Å². The number of carbonyl (C=O) groups is 2. The molecule has 27 heavy (non-hydrogen) atoms. The van der Waals surface area contributed by atoms with E-state index in [4.69, 9.17) is 16.3 Å². The SMILES string of the molecule is CC1CCC2(CC1)OC[C@H](C(=O)N1CCCC1)N2C(=O)c1cccc(Cl)c1. The van der Waals surface area contributed by atoms with Crippen LogP contribution in [0.3, 0.4) is 0 Å². The molecule has 2 heterocycles. The number of nitrogens with zero attached hydrogens (tertiary/aromatic N) is 2. The van der Waals surface area contributed by atoms with Gasteiger partial charge in [-0.1, -0.05) is 24.6 Å². The van der Waals surface area contributed by atoms with Crippen LogP contribution in [-0.4, -0.2) is 53.1 Å². The first kappa shape index (κ1) is 18.8. The first-order valence-electron chi connectivity index (χ1n) is 10.0. The molecule has 0 N–H and O–H groups in total. The second kappa shape index (κ2) is 7.44. The third-order valence-electron chi connectivity index (χ3n) is 6.31. The third kappa shape index (κ3) is 3.47. The molecule has 2 aliphatic heterocycles. The van der Waals surface area contributed by atoms with Crippen molar-refractivity contribution in [2.45, 2.75) is 57.2 Å². The van der Waals surface area contributed by atoms with Gasteiger partial charge in [0.15, 0.2) is 0 Å². The smallest absolute Gasteiger partial charge is 0.256 e. The minimum absolute atomic E-state index is 0.0263. The van der Waals surface area contributed by atoms with Gasteiger partial charge >= 0.3 is 0 Å². The van der Waals surface area contributed by atoms with Crippen molar-refractivity contribution in [3.63, 3.8) is 0 Å². The minimum atomic E-state index is -0.661. The topological polar surface area (TPSA) is 49.9 Å². The maximum atomic E-state index is 13.5. The number of rotatable bonds is 2. The number of hydrogen-bond donors (Lipinski definition) is 0. The number of likely N-dealkylation sites (tertiary alicyclic amines) is 1. The van der Waals surface area contributed by atoms with Gasteiger partial charge in [0.05, 0.1) is 6.61 Å². The summed E-state index contributed by atoms with van der Waals surface area (Å²) in [6.45, 7) is 4.07. The van der Waals surface area contributed by atoms with Crippen LogP contribution >= 0.6 is 11.6 Å². The van der Waals surface area contributed by atoms with Gasteiger partial charge in [0.1, 0.15) is 11.8 Å². The molecule has 1 atom stereocenters. The summed E-state index contributed by atoms with van der Waals surface area (Å²) in [5.41, 5.74) is -0.142. The molecule has 4 rings (SSSR count). The second-order valence-corrected chi connectivity index (χ2v) is 8.61. The summed E-state index contributed by atoms with van der Waals surface area (Å²) in [6, 6.07) is 6.44. The quantitative estimate of drug-likeness (QED) is 0.773. The van der Waals surface area contributed by atoms with Gasteiger partial charge in [-0.25, -0.2) is 0 Å². The molecule has 1 saturated carbocycles. The first-order valence-corrected chi connectivity index (χ1v) is 10.4. The largest absolute Gasteiger partial charge is 0.353 e. The minimum Gasteiger partial charge on any atom is -0.353 e. The average molecular weight is 391 g/mol. The van der Waals surface area contributed by atoms with Gasteiger partial charge in [-0.15, -0.1) is 0 Å². The third-order valence-corrected chi connectivity index (χ3v) is 6.54. The van der Waals surface area contributed by atoms with E-state index >= 15 is 0 Å². The fourth-order valence-electron chi connectivity index (χ4n) is 4.68. The average Bonchev–Trinajstić information content (AvgIpc) is 3.32. The molecule has 0 bridgehead atoms. The summed E-state index contributed by atoms with van der Waals surface area (Å²) in [6.07, 6.45) is 5.64. The van der Waals surface area contributed by atoms with Gasteiger partial charge in [0.2, 0.25) is 5.91 Å². The van der Waals surface area contributed by atoms with E-state index in [2.05, 4.69) is 6.92 Å². The summed E-state index contributed by atoms with van der Waals surface area (Å²) < 4.78 is 6.23. The van der Waals surface area contributed by atoms with Crippen molar-refractivity contribution in [1.82, 2.24) is 9.80 Å². The molecule has 0 radical (unpaired) electrons. The van der Waals surface area contributed by atoms with Crippen LogP contribution in [0.1, 0.15) is 55.8 Å². The van der Waals surface area contributed by atoms with Crippen LogP contribution in [0.5, 0.6) is 0 Å². The maximum Gasteiger partial charge on any atom is 0.256 e. The van der Waals surface area contributed by atoms with Crippen molar-refractivity contribution in [2.24, 2.45) is 5.92 Å². The zero-order chi connectivity index (χ0) is 19.0. The number of halogens is 1. The van der Waals surface area contributed by atoms with Crippen molar-refractivity contribution in [1.29, 1.82) is 0 Å². The predicted molar refractivity (Wildman–Crippen MR) is 104 cm³/mol. The molecule has 1 spiro atoms. The van der Waals surface area contributed by atoms with Crippen LogP contribution in [-0.2, 0) is 9.53 Å². The van der Waals surface area contributed by atoms with E-state index in [1.807, 2.05) is 4.90 Å². The summed E-state index contributed by atoms with van der Waals surface area (Å²) >= 11 is 6.12. The molecule has 146 valence electrons. The fourth-order valence-corrected chi connectivity index (χ4v) is 4.87. The predicted octanol–water partition coefficient (Wildman–Crippen LogP) is 3.71. The van der Waals surface area contributed by atoms with Gasteiger partial charge in [0, 0.05) is 23.7 Å². The Labute approximate surface area is 165 Å². The van der Waals surface area contributed by atoms with Crippen LogP contribution in [0.4, 0.5) is 0 Å². The lowest BCUT2D eigenvalue weighted by molar-refractivity contribution is -0.136. The summed E-state index contributed by atoms with van der Waals surface area (Å²) in [5, 5.41) is 0.523. The zero-order valence-corrected chi connectivity index (χ0v) is 16.6. The number of ether oxygens (including phenoxy) is 1.